The van der Waals surface area contributed by atoms with Crippen molar-refractivity contribution in [3.8, 4) is 5.75 Å². The van der Waals surface area contributed by atoms with Crippen molar-refractivity contribution in [3.05, 3.63) is 47.3 Å². The molecule has 2 aliphatic heterocycles. The number of benzene rings is 2. The Balaban J connectivity index is 1.60. The molecule has 7 nitrogen and oxygen atoms in total. The minimum atomic E-state index is -0.714. The van der Waals surface area contributed by atoms with Crippen LogP contribution >= 0.6 is 0 Å². The molecule has 30 heavy (non-hydrogen) atoms. The van der Waals surface area contributed by atoms with Crippen molar-refractivity contribution < 1.29 is 23.5 Å². The van der Waals surface area contributed by atoms with Gasteiger partial charge >= 0.3 is 0 Å². The van der Waals surface area contributed by atoms with Crippen molar-refractivity contribution in [2.45, 2.75) is 32.1 Å². The van der Waals surface area contributed by atoms with E-state index in [0.29, 0.717) is 48.6 Å². The fourth-order valence-electron chi connectivity index (χ4n) is 3.81. The Morgan fingerprint density at radius 3 is 2.73 bits per heavy atom. The molecule has 2 aromatic carbocycles. The maximum Gasteiger partial charge on any atom is 0.258 e. The van der Waals surface area contributed by atoms with Gasteiger partial charge in [0.1, 0.15) is 11.6 Å². The van der Waals surface area contributed by atoms with E-state index in [2.05, 4.69) is 10.6 Å². The highest BCUT2D eigenvalue weighted by atomic mass is 19.1. The van der Waals surface area contributed by atoms with E-state index >= 15 is 0 Å². The number of hydrogen-bond donors (Lipinski definition) is 2. The molecule has 0 aromatic heterocycles. The van der Waals surface area contributed by atoms with Gasteiger partial charge in [-0.1, -0.05) is 0 Å². The summed E-state index contributed by atoms with van der Waals surface area (Å²) in [6.45, 7) is 0.581. The Hall–Kier alpha value is -3.42. The number of anilines is 3. The number of nitrogens with one attached hydrogen (secondary N) is 2. The van der Waals surface area contributed by atoms with Crippen molar-refractivity contribution in [3.63, 3.8) is 0 Å². The fraction of sp³-hybridized carbons (Fsp3) is 0.318. The lowest BCUT2D eigenvalue weighted by Gasteiger charge is -2.28. The SMILES string of the molecule is COc1ccc(NC(=O)c2cc3c(cc2F)NC(=O)CC3)cc1N1CCCCC1=O. The van der Waals surface area contributed by atoms with Crippen LogP contribution in [0.3, 0.4) is 0 Å². The standard InChI is InChI=1S/C22H22FN3O4/c1-30-19-7-6-14(11-18(19)26-9-3-2-4-21(26)28)24-22(29)15-10-13-5-8-20(27)25-17(13)12-16(15)23/h6-7,10-12H,2-5,8-9H2,1H3,(H,24,29)(H,25,27). The molecule has 2 N–H and O–H groups in total. The number of halogens is 1. The molecule has 3 amide bonds. The molecule has 0 bridgehead atoms. The first-order chi connectivity index (χ1) is 14.5. The molecule has 2 heterocycles. The molecule has 2 aromatic rings. The second-order valence-electron chi connectivity index (χ2n) is 7.38. The van der Waals surface area contributed by atoms with Crippen LogP contribution in [-0.2, 0) is 16.0 Å². The Morgan fingerprint density at radius 2 is 1.97 bits per heavy atom. The number of piperidine rings is 1. The molecule has 0 spiro atoms. The number of rotatable bonds is 4. The number of carbonyl (C=O) groups is 3. The summed E-state index contributed by atoms with van der Waals surface area (Å²) in [7, 11) is 1.52. The van der Waals surface area contributed by atoms with E-state index in [1.807, 2.05) is 0 Å². The van der Waals surface area contributed by atoms with Crippen LogP contribution in [0.5, 0.6) is 5.75 Å². The number of carbonyl (C=O) groups excluding carboxylic acids is 3. The van der Waals surface area contributed by atoms with E-state index < -0.39 is 11.7 Å². The van der Waals surface area contributed by atoms with Crippen LogP contribution in [0.15, 0.2) is 30.3 Å². The van der Waals surface area contributed by atoms with Crippen molar-refractivity contribution in [2.75, 3.05) is 29.2 Å². The number of methoxy groups -OCH3 is 1. The van der Waals surface area contributed by atoms with Gasteiger partial charge in [0.25, 0.3) is 5.91 Å². The molecular formula is C22H22FN3O4. The number of aryl methyl sites for hydroxylation is 1. The molecule has 8 heteroatoms. The summed E-state index contributed by atoms with van der Waals surface area (Å²) >= 11 is 0. The molecule has 4 rings (SSSR count). The smallest absolute Gasteiger partial charge is 0.258 e. The van der Waals surface area contributed by atoms with E-state index in [1.165, 1.54) is 19.2 Å². The third-order valence-corrected chi connectivity index (χ3v) is 5.38. The van der Waals surface area contributed by atoms with E-state index in [9.17, 15) is 18.8 Å². The van der Waals surface area contributed by atoms with E-state index in [0.717, 1.165) is 18.4 Å². The largest absolute Gasteiger partial charge is 0.495 e. The van der Waals surface area contributed by atoms with E-state index in [1.54, 1.807) is 23.1 Å². The van der Waals surface area contributed by atoms with Crippen LogP contribution in [0.1, 0.15) is 41.6 Å². The van der Waals surface area contributed by atoms with Gasteiger partial charge in [-0.25, -0.2) is 4.39 Å². The van der Waals surface area contributed by atoms with Crippen LogP contribution in [-0.4, -0.2) is 31.4 Å². The third kappa shape index (κ3) is 3.85. The van der Waals surface area contributed by atoms with E-state index in [4.69, 9.17) is 4.74 Å². The summed E-state index contributed by atoms with van der Waals surface area (Å²) in [5.41, 5.74) is 2.02. The predicted octanol–water partition coefficient (Wildman–Crippen LogP) is 3.49. The van der Waals surface area contributed by atoms with Crippen LogP contribution in [0, 0.1) is 5.82 Å². The van der Waals surface area contributed by atoms with Crippen LogP contribution in [0.25, 0.3) is 0 Å². The molecule has 2 aliphatic rings. The van der Waals surface area contributed by atoms with Gasteiger partial charge in [-0.2, -0.15) is 0 Å². The second kappa shape index (κ2) is 8.14. The minimum absolute atomic E-state index is 0.00538. The second-order valence-corrected chi connectivity index (χ2v) is 7.38. The average molecular weight is 411 g/mol. The zero-order valence-corrected chi connectivity index (χ0v) is 16.6. The molecule has 0 aliphatic carbocycles. The lowest BCUT2D eigenvalue weighted by Crippen LogP contribution is -2.35. The van der Waals surface area contributed by atoms with Crippen molar-refractivity contribution in [1.29, 1.82) is 0 Å². The first-order valence-electron chi connectivity index (χ1n) is 9.88. The van der Waals surface area contributed by atoms with Gasteiger partial charge in [-0.05, 0) is 55.2 Å². The minimum Gasteiger partial charge on any atom is -0.495 e. The normalized spacial score (nSPS) is 16.0. The highest BCUT2D eigenvalue weighted by Gasteiger charge is 2.24. The molecular weight excluding hydrogens is 389 g/mol. The maximum atomic E-state index is 14.5. The van der Waals surface area contributed by atoms with Crippen LogP contribution in [0.2, 0.25) is 0 Å². The summed E-state index contributed by atoms with van der Waals surface area (Å²) in [4.78, 5) is 38.2. The number of amides is 3. The summed E-state index contributed by atoms with van der Waals surface area (Å²) < 4.78 is 19.9. The van der Waals surface area contributed by atoms with Crippen LogP contribution < -0.4 is 20.3 Å². The Bertz CT molecular complexity index is 1040. The summed E-state index contributed by atoms with van der Waals surface area (Å²) in [5, 5.41) is 5.32. The van der Waals surface area contributed by atoms with Gasteiger partial charge in [0.05, 0.1) is 18.4 Å². The Kier molecular flexibility index (Phi) is 5.39. The molecule has 0 unspecified atom stereocenters. The predicted molar refractivity (Wildman–Crippen MR) is 111 cm³/mol. The lowest BCUT2D eigenvalue weighted by atomic mass is 9.99. The van der Waals surface area contributed by atoms with Gasteiger partial charge in [0.2, 0.25) is 11.8 Å². The monoisotopic (exact) mass is 411 g/mol. The molecule has 156 valence electrons. The van der Waals surface area contributed by atoms with Gasteiger partial charge in [0.15, 0.2) is 0 Å². The van der Waals surface area contributed by atoms with Gasteiger partial charge < -0.3 is 20.3 Å². The Morgan fingerprint density at radius 1 is 1.13 bits per heavy atom. The molecule has 1 fully saturated rings. The highest BCUT2D eigenvalue weighted by Crippen LogP contribution is 2.34. The molecule has 0 radical (unpaired) electrons. The van der Waals surface area contributed by atoms with Crippen molar-refractivity contribution >= 4 is 34.8 Å². The third-order valence-electron chi connectivity index (χ3n) is 5.38. The van der Waals surface area contributed by atoms with Crippen molar-refractivity contribution in [2.24, 2.45) is 0 Å². The quantitative estimate of drug-likeness (QED) is 0.806. The number of fused-ring (bicyclic) bond motifs is 1. The first kappa shape index (κ1) is 19.9. The molecule has 0 atom stereocenters. The number of nitrogens with zero attached hydrogens (tertiary/aromatic N) is 1. The van der Waals surface area contributed by atoms with Crippen molar-refractivity contribution in [1.82, 2.24) is 0 Å². The summed E-state index contributed by atoms with van der Waals surface area (Å²) in [5.74, 6) is -0.955. The number of hydrogen-bond acceptors (Lipinski definition) is 4. The number of ether oxygens (including phenoxy) is 1. The average Bonchev–Trinajstić information content (AvgIpc) is 2.73. The summed E-state index contributed by atoms with van der Waals surface area (Å²) in [6, 6.07) is 7.62. The zero-order chi connectivity index (χ0) is 21.3. The van der Waals surface area contributed by atoms with Gasteiger partial charge in [-0.15, -0.1) is 0 Å². The molecule has 1 saturated heterocycles. The fourth-order valence-corrected chi connectivity index (χ4v) is 3.81. The topological polar surface area (TPSA) is 87.7 Å². The highest BCUT2D eigenvalue weighted by molar-refractivity contribution is 6.06. The molecule has 0 saturated carbocycles. The lowest BCUT2D eigenvalue weighted by molar-refractivity contribution is -0.119. The van der Waals surface area contributed by atoms with Crippen LogP contribution in [0.4, 0.5) is 21.5 Å². The summed E-state index contributed by atoms with van der Waals surface area (Å²) in [6.07, 6.45) is 2.96. The first-order valence-corrected chi connectivity index (χ1v) is 9.88. The van der Waals surface area contributed by atoms with Gasteiger partial charge in [0, 0.05) is 30.8 Å². The van der Waals surface area contributed by atoms with Gasteiger partial charge in [-0.3, -0.25) is 14.4 Å². The Labute approximate surface area is 173 Å². The van der Waals surface area contributed by atoms with E-state index in [-0.39, 0.29) is 17.4 Å². The zero-order valence-electron chi connectivity index (χ0n) is 16.6. The maximum absolute atomic E-state index is 14.5.